The van der Waals surface area contributed by atoms with Crippen LogP contribution in [-0.4, -0.2) is 28.1 Å². The summed E-state index contributed by atoms with van der Waals surface area (Å²) in [5, 5.41) is 16.8. The molecule has 0 spiro atoms. The van der Waals surface area contributed by atoms with Crippen LogP contribution in [0.3, 0.4) is 0 Å². The number of nitrogens with zero attached hydrogens (tertiary/aromatic N) is 2. The van der Waals surface area contributed by atoms with Crippen molar-refractivity contribution in [3.63, 3.8) is 0 Å². The van der Waals surface area contributed by atoms with E-state index in [9.17, 15) is 4.79 Å². The van der Waals surface area contributed by atoms with Gasteiger partial charge in [0.15, 0.2) is 23.0 Å². The van der Waals surface area contributed by atoms with Gasteiger partial charge in [0.05, 0.1) is 0 Å². The Balaban J connectivity index is 1.43. The Morgan fingerprint density at radius 3 is 2.77 bits per heavy atom. The highest BCUT2D eigenvalue weighted by atomic mass is 35.5. The molecule has 1 aromatic heterocycles. The van der Waals surface area contributed by atoms with Crippen LogP contribution in [0.4, 0.5) is 11.5 Å². The van der Waals surface area contributed by atoms with Gasteiger partial charge in [-0.05, 0) is 42.0 Å². The van der Waals surface area contributed by atoms with Crippen molar-refractivity contribution in [2.45, 2.75) is 6.54 Å². The zero-order chi connectivity index (χ0) is 17.9. The van der Waals surface area contributed by atoms with Gasteiger partial charge in [-0.3, -0.25) is 4.79 Å². The number of aromatic nitrogens is 3. The number of carbonyl (C=O) groups is 1. The van der Waals surface area contributed by atoms with Crippen LogP contribution in [0.15, 0.2) is 42.5 Å². The van der Waals surface area contributed by atoms with E-state index in [2.05, 4.69) is 26.0 Å². The summed E-state index contributed by atoms with van der Waals surface area (Å²) in [4.78, 5) is 12.4. The Morgan fingerprint density at radius 2 is 1.92 bits per heavy atom. The van der Waals surface area contributed by atoms with Gasteiger partial charge in [-0.25, -0.2) is 0 Å². The van der Waals surface area contributed by atoms with E-state index < -0.39 is 0 Å². The largest absolute Gasteiger partial charge is 0.454 e. The molecular weight excluding hydrogens is 358 g/mol. The maximum atomic E-state index is 12.4. The molecular formula is C17H14ClN5O3. The maximum Gasteiger partial charge on any atom is 0.280 e. The van der Waals surface area contributed by atoms with E-state index >= 15 is 0 Å². The molecule has 9 heteroatoms. The number of ether oxygens (including phenoxy) is 2. The minimum absolute atomic E-state index is 0.167. The Bertz CT molecular complexity index is 942. The number of anilines is 2. The Morgan fingerprint density at radius 1 is 1.12 bits per heavy atom. The third kappa shape index (κ3) is 3.40. The van der Waals surface area contributed by atoms with Crippen molar-refractivity contribution < 1.29 is 14.3 Å². The third-order valence-corrected chi connectivity index (χ3v) is 4.01. The van der Waals surface area contributed by atoms with Gasteiger partial charge in [-0.2, -0.15) is 5.21 Å². The highest BCUT2D eigenvalue weighted by Crippen LogP contribution is 2.32. The first-order chi connectivity index (χ1) is 12.7. The van der Waals surface area contributed by atoms with Gasteiger partial charge in [0.1, 0.15) is 0 Å². The van der Waals surface area contributed by atoms with Crippen molar-refractivity contribution in [3.05, 3.63) is 58.7 Å². The number of H-pyrrole nitrogens is 1. The number of aromatic amines is 1. The minimum Gasteiger partial charge on any atom is -0.454 e. The summed E-state index contributed by atoms with van der Waals surface area (Å²) in [5.41, 5.74) is 1.74. The van der Waals surface area contributed by atoms with Gasteiger partial charge in [0.25, 0.3) is 5.91 Å². The third-order valence-electron chi connectivity index (χ3n) is 3.76. The summed E-state index contributed by atoms with van der Waals surface area (Å²) in [6.45, 7) is 0.676. The number of benzene rings is 2. The molecule has 1 aliphatic rings. The number of rotatable bonds is 5. The van der Waals surface area contributed by atoms with Crippen molar-refractivity contribution >= 4 is 29.0 Å². The fourth-order valence-electron chi connectivity index (χ4n) is 2.47. The zero-order valence-electron chi connectivity index (χ0n) is 13.5. The van der Waals surface area contributed by atoms with Crippen LogP contribution < -0.4 is 20.1 Å². The lowest BCUT2D eigenvalue weighted by Crippen LogP contribution is -2.15. The Hall–Kier alpha value is -3.26. The minimum atomic E-state index is -0.380. The first-order valence-corrected chi connectivity index (χ1v) is 8.17. The average molecular weight is 372 g/mol. The Kier molecular flexibility index (Phi) is 4.32. The number of hydrogen-bond donors (Lipinski definition) is 3. The van der Waals surface area contributed by atoms with E-state index in [-0.39, 0.29) is 18.4 Å². The predicted molar refractivity (Wildman–Crippen MR) is 95.7 cm³/mol. The maximum absolute atomic E-state index is 12.4. The van der Waals surface area contributed by atoms with E-state index in [0.717, 1.165) is 11.3 Å². The van der Waals surface area contributed by atoms with Crippen molar-refractivity contribution in [2.75, 3.05) is 17.4 Å². The summed E-state index contributed by atoms with van der Waals surface area (Å²) in [7, 11) is 0. The van der Waals surface area contributed by atoms with Crippen molar-refractivity contribution in [1.29, 1.82) is 0 Å². The summed E-state index contributed by atoms with van der Waals surface area (Å²) >= 11 is 5.84. The molecule has 26 heavy (non-hydrogen) atoms. The molecule has 0 unspecified atom stereocenters. The molecule has 1 aliphatic heterocycles. The van der Waals surface area contributed by atoms with E-state index in [4.69, 9.17) is 21.1 Å². The number of halogens is 1. The second-order valence-electron chi connectivity index (χ2n) is 5.52. The highest BCUT2D eigenvalue weighted by molar-refractivity contribution is 6.30. The lowest BCUT2D eigenvalue weighted by atomic mass is 10.2. The van der Waals surface area contributed by atoms with Crippen LogP contribution >= 0.6 is 11.6 Å². The van der Waals surface area contributed by atoms with Gasteiger partial charge in [-0.15, -0.1) is 10.2 Å². The van der Waals surface area contributed by atoms with Gasteiger partial charge < -0.3 is 20.1 Å². The second kappa shape index (κ2) is 6.93. The average Bonchev–Trinajstić information content (AvgIpc) is 3.30. The number of carbonyl (C=O) groups excluding carboxylic acids is 1. The van der Waals surface area contributed by atoms with E-state index in [1.807, 2.05) is 18.2 Å². The van der Waals surface area contributed by atoms with E-state index in [1.165, 1.54) is 0 Å². The number of amides is 1. The smallest absolute Gasteiger partial charge is 0.280 e. The molecule has 132 valence electrons. The molecule has 0 saturated carbocycles. The number of fused-ring (bicyclic) bond motifs is 1. The standard InChI is InChI=1S/C17H14ClN5O3/c18-11-2-4-12(5-3-11)20-17(24)15-16(22-23-21-15)19-8-10-1-6-13-14(7-10)26-9-25-13/h1-7H,8-9H2,(H,20,24)(H2,19,21,22,23). The molecule has 1 amide bonds. The zero-order valence-corrected chi connectivity index (χ0v) is 14.2. The summed E-state index contributed by atoms with van der Waals surface area (Å²) in [5.74, 6) is 1.40. The van der Waals surface area contributed by atoms with Crippen LogP contribution in [0.2, 0.25) is 5.02 Å². The molecule has 0 saturated heterocycles. The molecule has 4 rings (SSSR count). The van der Waals surface area contributed by atoms with Crippen molar-refractivity contribution in [3.8, 4) is 11.5 Å². The molecule has 3 N–H and O–H groups in total. The first-order valence-electron chi connectivity index (χ1n) is 7.79. The van der Waals surface area contributed by atoms with Gasteiger partial charge in [0, 0.05) is 17.3 Å². The molecule has 2 heterocycles. The lowest BCUT2D eigenvalue weighted by Gasteiger charge is -2.07. The quantitative estimate of drug-likeness (QED) is 0.637. The van der Waals surface area contributed by atoms with E-state index in [1.54, 1.807) is 24.3 Å². The molecule has 0 atom stereocenters. The fraction of sp³-hybridized carbons (Fsp3) is 0.118. The molecule has 0 radical (unpaired) electrons. The lowest BCUT2D eigenvalue weighted by molar-refractivity contribution is 0.102. The normalized spacial score (nSPS) is 12.0. The predicted octanol–water partition coefficient (Wildman–Crippen LogP) is 3.05. The second-order valence-corrected chi connectivity index (χ2v) is 5.96. The first kappa shape index (κ1) is 16.2. The van der Waals surface area contributed by atoms with Crippen molar-refractivity contribution in [2.24, 2.45) is 0 Å². The van der Waals surface area contributed by atoms with Crippen molar-refractivity contribution in [1.82, 2.24) is 15.4 Å². The molecule has 0 bridgehead atoms. The highest BCUT2D eigenvalue weighted by Gasteiger charge is 2.17. The Labute approximate surface area is 153 Å². The summed E-state index contributed by atoms with van der Waals surface area (Å²) in [6, 6.07) is 12.4. The fourth-order valence-corrected chi connectivity index (χ4v) is 2.60. The summed E-state index contributed by atoms with van der Waals surface area (Å²) in [6.07, 6.45) is 0. The molecule has 0 fully saturated rings. The molecule has 8 nitrogen and oxygen atoms in total. The van der Waals surface area contributed by atoms with Crippen LogP contribution in [0.5, 0.6) is 11.5 Å². The topological polar surface area (TPSA) is 101 Å². The van der Waals surface area contributed by atoms with Crippen LogP contribution in [0.25, 0.3) is 0 Å². The SMILES string of the molecule is O=C(Nc1ccc(Cl)cc1)c1n[nH]nc1NCc1ccc2c(c1)OCO2. The molecule has 2 aromatic carbocycles. The van der Waals surface area contributed by atoms with Gasteiger partial charge in [-0.1, -0.05) is 17.7 Å². The van der Waals surface area contributed by atoms with Gasteiger partial charge >= 0.3 is 0 Å². The molecule has 0 aliphatic carbocycles. The number of nitrogens with one attached hydrogen (secondary N) is 3. The van der Waals surface area contributed by atoms with Crippen LogP contribution in [0, 0.1) is 0 Å². The van der Waals surface area contributed by atoms with E-state index in [0.29, 0.717) is 28.8 Å². The monoisotopic (exact) mass is 371 g/mol. The number of hydrogen-bond acceptors (Lipinski definition) is 6. The van der Waals surface area contributed by atoms with Crippen LogP contribution in [0.1, 0.15) is 16.1 Å². The summed E-state index contributed by atoms with van der Waals surface area (Å²) < 4.78 is 10.6. The van der Waals surface area contributed by atoms with Gasteiger partial charge in [0.2, 0.25) is 6.79 Å². The molecule has 3 aromatic rings. The van der Waals surface area contributed by atoms with Crippen LogP contribution in [-0.2, 0) is 6.54 Å².